The Morgan fingerprint density at radius 1 is 1.38 bits per heavy atom. The molecule has 1 N–H and O–H groups in total. The molecule has 1 saturated carbocycles. The predicted octanol–water partition coefficient (Wildman–Crippen LogP) is 2.52. The molecule has 0 amide bonds. The van der Waals surface area contributed by atoms with E-state index in [0.717, 1.165) is 37.4 Å². The molecule has 1 atom stereocenters. The SMILES string of the molecule is CCCC(CCBr)CNS(=O)(=O)CC1CC1. The summed E-state index contributed by atoms with van der Waals surface area (Å²) in [6.45, 7) is 2.74. The molecule has 0 aromatic carbocycles. The summed E-state index contributed by atoms with van der Waals surface area (Å²) in [6, 6.07) is 0. The quantitative estimate of drug-likeness (QED) is 0.665. The van der Waals surface area contributed by atoms with Crippen LogP contribution in [-0.2, 0) is 10.0 Å². The Bertz CT molecular complexity index is 282. The van der Waals surface area contributed by atoms with Crippen molar-refractivity contribution in [1.29, 1.82) is 0 Å². The van der Waals surface area contributed by atoms with Crippen LogP contribution in [0.3, 0.4) is 0 Å². The summed E-state index contributed by atoms with van der Waals surface area (Å²) in [5.74, 6) is 1.23. The minimum atomic E-state index is -3.02. The third-order valence-corrected chi connectivity index (χ3v) is 4.93. The zero-order valence-corrected chi connectivity index (χ0v) is 12.3. The van der Waals surface area contributed by atoms with Crippen LogP contribution in [0.2, 0.25) is 0 Å². The van der Waals surface area contributed by atoms with Crippen molar-refractivity contribution in [3.63, 3.8) is 0 Å². The zero-order valence-electron chi connectivity index (χ0n) is 9.91. The number of alkyl halides is 1. The number of hydrogen-bond donors (Lipinski definition) is 1. The van der Waals surface area contributed by atoms with Crippen molar-refractivity contribution in [2.24, 2.45) is 11.8 Å². The van der Waals surface area contributed by atoms with Crippen LogP contribution < -0.4 is 4.72 Å². The summed E-state index contributed by atoms with van der Waals surface area (Å²) >= 11 is 3.41. The minimum Gasteiger partial charge on any atom is -0.215 e. The van der Waals surface area contributed by atoms with Crippen molar-refractivity contribution in [2.45, 2.75) is 39.0 Å². The molecule has 1 unspecified atom stereocenters. The Balaban J connectivity index is 2.28. The maximum atomic E-state index is 11.7. The van der Waals surface area contributed by atoms with Crippen LogP contribution in [0, 0.1) is 11.8 Å². The van der Waals surface area contributed by atoms with Crippen molar-refractivity contribution in [3.05, 3.63) is 0 Å². The maximum Gasteiger partial charge on any atom is 0.211 e. The molecule has 0 aromatic heterocycles. The monoisotopic (exact) mass is 311 g/mol. The van der Waals surface area contributed by atoms with Gasteiger partial charge in [0, 0.05) is 11.9 Å². The second-order valence-corrected chi connectivity index (χ2v) is 7.35. The molecule has 96 valence electrons. The summed E-state index contributed by atoms with van der Waals surface area (Å²) < 4.78 is 26.1. The lowest BCUT2D eigenvalue weighted by molar-refractivity contribution is 0.458. The van der Waals surface area contributed by atoms with Crippen LogP contribution in [0.25, 0.3) is 0 Å². The summed E-state index contributed by atoms with van der Waals surface area (Å²) in [5, 5.41) is 0.946. The van der Waals surface area contributed by atoms with Gasteiger partial charge in [0.15, 0.2) is 0 Å². The number of halogens is 1. The highest BCUT2D eigenvalue weighted by Crippen LogP contribution is 2.30. The molecule has 3 nitrogen and oxygen atoms in total. The first-order valence-electron chi connectivity index (χ1n) is 6.10. The van der Waals surface area contributed by atoms with Gasteiger partial charge in [-0.1, -0.05) is 29.3 Å². The molecule has 0 spiro atoms. The first-order chi connectivity index (χ1) is 7.57. The Labute approximate surface area is 108 Å². The molecular formula is C11H22BrNO2S. The summed E-state index contributed by atoms with van der Waals surface area (Å²) in [5.41, 5.74) is 0. The highest BCUT2D eigenvalue weighted by Gasteiger charge is 2.28. The molecule has 1 aliphatic rings. The van der Waals surface area contributed by atoms with E-state index >= 15 is 0 Å². The molecular weight excluding hydrogens is 290 g/mol. The van der Waals surface area contributed by atoms with Crippen molar-refractivity contribution in [3.8, 4) is 0 Å². The first kappa shape index (κ1) is 14.5. The van der Waals surface area contributed by atoms with Crippen LogP contribution in [-0.4, -0.2) is 26.0 Å². The van der Waals surface area contributed by atoms with Crippen LogP contribution in [0.5, 0.6) is 0 Å². The van der Waals surface area contributed by atoms with E-state index in [2.05, 4.69) is 27.6 Å². The smallest absolute Gasteiger partial charge is 0.211 e. The van der Waals surface area contributed by atoms with Gasteiger partial charge in [-0.3, -0.25) is 0 Å². The molecule has 5 heteroatoms. The number of rotatable bonds is 9. The molecule has 16 heavy (non-hydrogen) atoms. The molecule has 1 fully saturated rings. The maximum absolute atomic E-state index is 11.7. The van der Waals surface area contributed by atoms with Gasteiger partial charge in [0.1, 0.15) is 0 Å². The van der Waals surface area contributed by atoms with E-state index in [1.807, 2.05) is 0 Å². The molecule has 0 heterocycles. The molecule has 0 saturated heterocycles. The van der Waals surface area contributed by atoms with Gasteiger partial charge < -0.3 is 0 Å². The average Bonchev–Trinajstić information content (AvgIpc) is 2.98. The number of sulfonamides is 1. The highest BCUT2D eigenvalue weighted by molar-refractivity contribution is 9.09. The Morgan fingerprint density at radius 3 is 2.56 bits per heavy atom. The van der Waals surface area contributed by atoms with Crippen LogP contribution in [0.15, 0.2) is 0 Å². The molecule has 1 aliphatic carbocycles. The van der Waals surface area contributed by atoms with E-state index in [1.54, 1.807) is 0 Å². The van der Waals surface area contributed by atoms with Gasteiger partial charge in [0.05, 0.1) is 5.75 Å². The molecule has 0 aromatic rings. The molecule has 0 bridgehead atoms. The Kier molecular flexibility index (Phi) is 6.29. The lowest BCUT2D eigenvalue weighted by Crippen LogP contribution is -2.32. The minimum absolute atomic E-state index is 0.333. The second kappa shape index (κ2) is 6.97. The van der Waals surface area contributed by atoms with E-state index in [0.29, 0.717) is 24.1 Å². The van der Waals surface area contributed by atoms with Gasteiger partial charge >= 0.3 is 0 Å². The largest absolute Gasteiger partial charge is 0.215 e. The molecule has 1 rings (SSSR count). The lowest BCUT2D eigenvalue weighted by atomic mass is 10.0. The standard InChI is InChI=1S/C11H22BrNO2S/c1-2-3-10(6-7-12)8-13-16(14,15)9-11-4-5-11/h10-11,13H,2-9H2,1H3. The average molecular weight is 312 g/mol. The van der Waals surface area contributed by atoms with Crippen LogP contribution >= 0.6 is 15.9 Å². The van der Waals surface area contributed by atoms with Crippen molar-refractivity contribution in [2.75, 3.05) is 17.6 Å². The predicted molar refractivity (Wildman–Crippen MR) is 71.3 cm³/mol. The fourth-order valence-electron chi connectivity index (χ4n) is 1.81. The van der Waals surface area contributed by atoms with Gasteiger partial charge in [-0.15, -0.1) is 0 Å². The van der Waals surface area contributed by atoms with Gasteiger partial charge in [-0.2, -0.15) is 0 Å². The van der Waals surface area contributed by atoms with Crippen molar-refractivity contribution >= 4 is 26.0 Å². The van der Waals surface area contributed by atoms with Crippen LogP contribution in [0.1, 0.15) is 39.0 Å². The van der Waals surface area contributed by atoms with Gasteiger partial charge in [0.25, 0.3) is 0 Å². The van der Waals surface area contributed by atoms with E-state index in [-0.39, 0.29) is 0 Å². The lowest BCUT2D eigenvalue weighted by Gasteiger charge is -2.15. The fraction of sp³-hybridized carbons (Fsp3) is 1.00. The Hall–Kier alpha value is 0.390. The van der Waals surface area contributed by atoms with E-state index in [9.17, 15) is 8.42 Å². The van der Waals surface area contributed by atoms with Gasteiger partial charge in [0.2, 0.25) is 10.0 Å². The third kappa shape index (κ3) is 6.21. The van der Waals surface area contributed by atoms with Gasteiger partial charge in [-0.25, -0.2) is 13.1 Å². The number of nitrogens with one attached hydrogen (secondary N) is 1. The fourth-order valence-corrected chi connectivity index (χ4v) is 4.02. The van der Waals surface area contributed by atoms with Crippen molar-refractivity contribution < 1.29 is 8.42 Å². The van der Waals surface area contributed by atoms with E-state index in [4.69, 9.17) is 0 Å². The summed E-state index contributed by atoms with van der Waals surface area (Å²) in [7, 11) is -3.02. The highest BCUT2D eigenvalue weighted by atomic mass is 79.9. The summed E-state index contributed by atoms with van der Waals surface area (Å²) in [4.78, 5) is 0. The third-order valence-electron chi connectivity index (χ3n) is 2.96. The van der Waals surface area contributed by atoms with E-state index in [1.165, 1.54) is 0 Å². The molecule has 0 aliphatic heterocycles. The topological polar surface area (TPSA) is 46.2 Å². The second-order valence-electron chi connectivity index (χ2n) is 4.71. The molecule has 0 radical (unpaired) electrons. The Morgan fingerprint density at radius 2 is 2.06 bits per heavy atom. The summed E-state index contributed by atoms with van der Waals surface area (Å²) in [6.07, 6.45) is 5.42. The van der Waals surface area contributed by atoms with Gasteiger partial charge in [-0.05, 0) is 37.5 Å². The number of hydrogen-bond acceptors (Lipinski definition) is 2. The first-order valence-corrected chi connectivity index (χ1v) is 8.88. The van der Waals surface area contributed by atoms with Crippen molar-refractivity contribution in [1.82, 2.24) is 4.72 Å². The van der Waals surface area contributed by atoms with Crippen LogP contribution in [0.4, 0.5) is 0 Å². The van der Waals surface area contributed by atoms with E-state index < -0.39 is 10.0 Å². The zero-order chi connectivity index (χ0) is 12.0. The normalized spacial score (nSPS) is 18.6.